The summed E-state index contributed by atoms with van der Waals surface area (Å²) in [5.41, 5.74) is 0.536. The predicted molar refractivity (Wildman–Crippen MR) is 82.6 cm³/mol. The van der Waals surface area contributed by atoms with Gasteiger partial charge in [0.1, 0.15) is 25.1 Å². The maximum Gasteiger partial charge on any atom is 0.453 e. The van der Waals surface area contributed by atoms with Crippen LogP contribution in [-0.4, -0.2) is 67.0 Å². The molecule has 16 heteroatoms. The van der Waals surface area contributed by atoms with E-state index < -0.39 is 56.8 Å². The van der Waals surface area contributed by atoms with Crippen molar-refractivity contribution in [2.75, 3.05) is 19.8 Å². The molecule has 0 saturated heterocycles. The minimum Gasteiger partial charge on any atom is -0.491 e. The quantitative estimate of drug-likeness (QED) is 0.385. The van der Waals surface area contributed by atoms with Crippen molar-refractivity contribution < 1.29 is 73.1 Å². The first-order valence-electron chi connectivity index (χ1n) is 8.29. The minimum absolute atomic E-state index is 0.192. The lowest BCUT2D eigenvalue weighted by Crippen LogP contribution is -2.53. The molecule has 0 radical (unpaired) electrons. The fraction of sp³-hybridized carbons (Fsp3) is 0.625. The Balaban J connectivity index is 2.53. The maximum absolute atomic E-state index is 13.3. The molecule has 32 heavy (non-hydrogen) atoms. The van der Waals surface area contributed by atoms with E-state index in [2.05, 4.69) is 9.47 Å². The van der Waals surface area contributed by atoms with Gasteiger partial charge in [-0.1, -0.05) is 12.1 Å². The van der Waals surface area contributed by atoms with Crippen LogP contribution in [0.25, 0.3) is 0 Å². The van der Waals surface area contributed by atoms with E-state index >= 15 is 0 Å². The number of ether oxygens (including phenoxy) is 4. The molecule has 0 heterocycles. The monoisotopic (exact) mass is 494 g/mol. The van der Waals surface area contributed by atoms with Crippen LogP contribution in [-0.2, 0) is 20.8 Å². The van der Waals surface area contributed by atoms with Crippen LogP contribution in [0.3, 0.4) is 0 Å². The number of aliphatic hydroxyl groups is 2. The molecule has 2 N–H and O–H groups in total. The topological polar surface area (TPSA) is 77.4 Å². The van der Waals surface area contributed by atoms with Crippen molar-refractivity contribution >= 4 is 0 Å². The number of halogens is 10. The Labute approximate surface area is 173 Å². The molecule has 186 valence electrons. The minimum atomic E-state index is -6.57. The van der Waals surface area contributed by atoms with E-state index in [-0.39, 0.29) is 12.4 Å². The Morgan fingerprint density at radius 3 is 1.84 bits per heavy atom. The summed E-state index contributed by atoms with van der Waals surface area (Å²) in [5, 5.41) is 18.4. The van der Waals surface area contributed by atoms with Crippen molar-refractivity contribution in [3.8, 4) is 5.75 Å². The molecule has 1 aromatic carbocycles. The third-order valence-corrected chi connectivity index (χ3v) is 3.26. The van der Waals surface area contributed by atoms with Gasteiger partial charge < -0.3 is 19.7 Å². The second kappa shape index (κ2) is 10.8. The van der Waals surface area contributed by atoms with Crippen LogP contribution >= 0.6 is 0 Å². The van der Waals surface area contributed by atoms with Gasteiger partial charge in [-0.2, -0.15) is 35.1 Å². The molecule has 0 saturated carbocycles. The zero-order valence-electron chi connectivity index (χ0n) is 15.6. The molecule has 6 nitrogen and oxygen atoms in total. The van der Waals surface area contributed by atoms with E-state index in [1.54, 1.807) is 0 Å². The van der Waals surface area contributed by atoms with Gasteiger partial charge in [0.25, 0.3) is 0 Å². The standard InChI is InChI=1S/C16H16F10O6/c17-12(18)14(21,22)32-16(25,26)15(23,24)31-13(19,20)8-29-6-10(28)7-30-11-3-1-9(5-27)2-4-11/h1-4,10,12,27-28H,5-8H2. The third-order valence-electron chi connectivity index (χ3n) is 3.26. The number of alkyl halides is 10. The lowest BCUT2D eigenvalue weighted by atomic mass is 10.2. The average molecular weight is 494 g/mol. The molecule has 1 atom stereocenters. The summed E-state index contributed by atoms with van der Waals surface area (Å²) in [5.74, 6) is 0.192. The number of rotatable bonds is 14. The van der Waals surface area contributed by atoms with Crippen LogP contribution in [0.4, 0.5) is 43.9 Å². The molecule has 0 aromatic heterocycles. The van der Waals surface area contributed by atoms with Crippen LogP contribution in [0.15, 0.2) is 24.3 Å². The summed E-state index contributed by atoms with van der Waals surface area (Å²) in [6, 6.07) is 5.71. The molecule has 1 unspecified atom stereocenters. The van der Waals surface area contributed by atoms with Crippen LogP contribution in [0.1, 0.15) is 5.56 Å². The summed E-state index contributed by atoms with van der Waals surface area (Å²) >= 11 is 0. The van der Waals surface area contributed by atoms with Crippen LogP contribution < -0.4 is 4.74 Å². The van der Waals surface area contributed by atoms with Crippen molar-refractivity contribution in [2.45, 2.75) is 43.6 Å². The Morgan fingerprint density at radius 1 is 0.812 bits per heavy atom. The van der Waals surface area contributed by atoms with Gasteiger partial charge in [0.15, 0.2) is 0 Å². The first-order valence-corrected chi connectivity index (χ1v) is 8.29. The number of aliphatic hydroxyl groups excluding tert-OH is 2. The van der Waals surface area contributed by atoms with Crippen molar-refractivity contribution in [3.63, 3.8) is 0 Å². The predicted octanol–water partition coefficient (Wildman–Crippen LogP) is 3.60. The van der Waals surface area contributed by atoms with E-state index in [1.165, 1.54) is 24.3 Å². The van der Waals surface area contributed by atoms with Crippen molar-refractivity contribution in [3.05, 3.63) is 29.8 Å². The van der Waals surface area contributed by atoms with Gasteiger partial charge in [-0.3, -0.25) is 0 Å². The van der Waals surface area contributed by atoms with E-state index in [9.17, 15) is 49.0 Å². The highest BCUT2D eigenvalue weighted by Gasteiger charge is 2.68. The fourth-order valence-corrected chi connectivity index (χ4v) is 1.80. The second-order valence-electron chi connectivity index (χ2n) is 6.02. The fourth-order valence-electron chi connectivity index (χ4n) is 1.80. The van der Waals surface area contributed by atoms with Gasteiger partial charge in [-0.15, -0.1) is 0 Å². The van der Waals surface area contributed by atoms with Crippen LogP contribution in [0.5, 0.6) is 5.75 Å². The average Bonchev–Trinajstić information content (AvgIpc) is 2.64. The Hall–Kier alpha value is -1.88. The van der Waals surface area contributed by atoms with Gasteiger partial charge >= 0.3 is 30.9 Å². The zero-order chi connectivity index (χ0) is 24.8. The van der Waals surface area contributed by atoms with Crippen molar-refractivity contribution in [1.82, 2.24) is 0 Å². The molecule has 0 aliphatic heterocycles. The first kappa shape index (κ1) is 28.2. The summed E-state index contributed by atoms with van der Waals surface area (Å²) in [6.45, 7) is -3.95. The van der Waals surface area contributed by atoms with Crippen LogP contribution in [0.2, 0.25) is 0 Å². The van der Waals surface area contributed by atoms with Gasteiger partial charge in [0.05, 0.1) is 13.2 Å². The number of hydrogen-bond donors (Lipinski definition) is 2. The molecule has 0 aliphatic rings. The SMILES string of the molecule is OCc1ccc(OCC(O)COCC(F)(F)OC(F)(F)C(F)(F)OC(F)(F)C(F)F)cc1. The lowest BCUT2D eigenvalue weighted by molar-refractivity contribution is -0.521. The molecule has 0 fully saturated rings. The normalized spacial score (nSPS) is 14.7. The molecule has 0 spiro atoms. The molecule has 0 bridgehead atoms. The zero-order valence-corrected chi connectivity index (χ0v) is 15.6. The van der Waals surface area contributed by atoms with Gasteiger partial charge in [-0.05, 0) is 17.7 Å². The smallest absolute Gasteiger partial charge is 0.453 e. The van der Waals surface area contributed by atoms with E-state index in [1.807, 2.05) is 4.74 Å². The molecular weight excluding hydrogens is 478 g/mol. The van der Waals surface area contributed by atoms with Gasteiger partial charge in [-0.25, -0.2) is 18.3 Å². The Bertz CT molecular complexity index is 701. The van der Waals surface area contributed by atoms with E-state index in [0.29, 0.717) is 5.56 Å². The van der Waals surface area contributed by atoms with E-state index in [4.69, 9.17) is 9.84 Å². The lowest BCUT2D eigenvalue weighted by Gasteiger charge is -2.31. The molecule has 0 aliphatic carbocycles. The number of hydrogen-bond acceptors (Lipinski definition) is 6. The highest BCUT2D eigenvalue weighted by atomic mass is 19.3. The molecule has 1 aromatic rings. The molecule has 1 rings (SSSR count). The Morgan fingerprint density at radius 2 is 1.34 bits per heavy atom. The first-order chi connectivity index (χ1) is 14.5. The van der Waals surface area contributed by atoms with Crippen molar-refractivity contribution in [1.29, 1.82) is 0 Å². The highest BCUT2D eigenvalue weighted by molar-refractivity contribution is 5.26. The Kier molecular flexibility index (Phi) is 9.52. The molecular formula is C16H16F10O6. The summed E-state index contributed by atoms with van der Waals surface area (Å²) in [6.07, 6.45) is -31.0. The second-order valence-corrected chi connectivity index (χ2v) is 6.02. The van der Waals surface area contributed by atoms with Gasteiger partial charge in [0, 0.05) is 0 Å². The largest absolute Gasteiger partial charge is 0.491 e. The molecule has 0 amide bonds. The van der Waals surface area contributed by atoms with E-state index in [0.717, 1.165) is 0 Å². The maximum atomic E-state index is 13.3. The summed E-state index contributed by atoms with van der Waals surface area (Å²) in [4.78, 5) is 0. The van der Waals surface area contributed by atoms with Crippen molar-refractivity contribution in [2.24, 2.45) is 0 Å². The summed E-state index contributed by atoms with van der Waals surface area (Å²) in [7, 11) is 0. The highest BCUT2D eigenvalue weighted by Crippen LogP contribution is 2.44. The number of benzene rings is 1. The summed E-state index contributed by atoms with van der Waals surface area (Å²) < 4.78 is 141. The third kappa shape index (κ3) is 8.57. The van der Waals surface area contributed by atoms with Gasteiger partial charge in [0.2, 0.25) is 0 Å². The van der Waals surface area contributed by atoms with Crippen LogP contribution in [0, 0.1) is 0 Å².